The molecule has 3 aromatic rings. The lowest BCUT2D eigenvalue weighted by Gasteiger charge is -2.13. The van der Waals surface area contributed by atoms with Gasteiger partial charge in [-0.15, -0.1) is 0 Å². The lowest BCUT2D eigenvalue weighted by molar-refractivity contribution is -0.127. The Morgan fingerprint density at radius 1 is 0.909 bits per heavy atom. The van der Waals surface area contributed by atoms with E-state index in [0.717, 1.165) is 35.5 Å². The smallest absolute Gasteiger partial charge is 0.280 e. The molecule has 33 heavy (non-hydrogen) atoms. The molecule has 0 unspecified atom stereocenters. The number of hydrogen-bond acceptors (Lipinski definition) is 5. The first-order valence-electron chi connectivity index (χ1n) is 11.1. The molecule has 1 amide bonds. The van der Waals surface area contributed by atoms with Crippen LogP contribution in [0.4, 0.5) is 0 Å². The summed E-state index contributed by atoms with van der Waals surface area (Å²) in [6.45, 7) is 5.00. The van der Waals surface area contributed by atoms with Crippen LogP contribution in [0, 0.1) is 0 Å². The Balaban J connectivity index is 1.41. The highest BCUT2D eigenvalue weighted by Crippen LogP contribution is 2.20. The fourth-order valence-electron chi connectivity index (χ4n) is 2.86. The second-order valence-electron chi connectivity index (χ2n) is 7.51. The van der Waals surface area contributed by atoms with Crippen molar-refractivity contribution >= 4 is 12.1 Å². The van der Waals surface area contributed by atoms with Crippen molar-refractivity contribution in [2.75, 3.05) is 6.61 Å². The predicted molar refractivity (Wildman–Crippen MR) is 130 cm³/mol. The summed E-state index contributed by atoms with van der Waals surface area (Å²) in [5.74, 6) is 1.79. The average molecular weight is 447 g/mol. The number of rotatable bonds is 12. The fraction of sp³-hybridized carbons (Fsp3) is 0.259. The molecule has 172 valence electrons. The van der Waals surface area contributed by atoms with Crippen LogP contribution in [0.15, 0.2) is 84.0 Å². The number of hydrazone groups is 1. The summed E-state index contributed by atoms with van der Waals surface area (Å²) in [6, 6.07) is 24.7. The first-order valence-corrected chi connectivity index (χ1v) is 11.1. The number of carbonyl (C=O) groups is 1. The molecule has 0 spiro atoms. The summed E-state index contributed by atoms with van der Waals surface area (Å²) in [4.78, 5) is 12.3. The topological polar surface area (TPSA) is 69.2 Å². The van der Waals surface area contributed by atoms with Crippen LogP contribution in [0.1, 0.15) is 37.8 Å². The van der Waals surface area contributed by atoms with Crippen LogP contribution < -0.4 is 19.6 Å². The summed E-state index contributed by atoms with van der Waals surface area (Å²) < 4.78 is 17.1. The number of unbranched alkanes of at least 4 members (excludes halogenated alkanes) is 1. The second kappa shape index (κ2) is 12.9. The molecule has 3 rings (SSSR count). The van der Waals surface area contributed by atoms with Gasteiger partial charge in [-0.1, -0.05) is 43.7 Å². The average Bonchev–Trinajstić information content (AvgIpc) is 2.85. The molecule has 0 saturated heterocycles. The van der Waals surface area contributed by atoms with Gasteiger partial charge >= 0.3 is 0 Å². The Labute approximate surface area is 195 Å². The van der Waals surface area contributed by atoms with Gasteiger partial charge in [0.1, 0.15) is 23.9 Å². The third-order valence-electron chi connectivity index (χ3n) is 4.79. The monoisotopic (exact) mass is 446 g/mol. The van der Waals surface area contributed by atoms with Crippen LogP contribution in [0.3, 0.4) is 0 Å². The minimum absolute atomic E-state index is 0.338. The van der Waals surface area contributed by atoms with Gasteiger partial charge in [0.2, 0.25) is 0 Å². The van der Waals surface area contributed by atoms with E-state index in [9.17, 15) is 4.79 Å². The third kappa shape index (κ3) is 8.33. The Morgan fingerprint density at radius 2 is 1.55 bits per heavy atom. The molecule has 0 aliphatic carbocycles. The number of hydrogen-bond donors (Lipinski definition) is 1. The molecule has 1 atom stereocenters. The molecule has 0 bridgehead atoms. The van der Waals surface area contributed by atoms with E-state index in [1.807, 2.05) is 66.7 Å². The second-order valence-corrected chi connectivity index (χ2v) is 7.51. The van der Waals surface area contributed by atoms with E-state index in [2.05, 4.69) is 17.5 Å². The van der Waals surface area contributed by atoms with Gasteiger partial charge in [0, 0.05) is 0 Å². The van der Waals surface area contributed by atoms with Crippen LogP contribution in [-0.4, -0.2) is 24.8 Å². The van der Waals surface area contributed by atoms with E-state index in [1.54, 1.807) is 25.3 Å². The van der Waals surface area contributed by atoms with Gasteiger partial charge in [0.05, 0.1) is 12.8 Å². The van der Waals surface area contributed by atoms with Gasteiger partial charge in [-0.05, 0) is 73.0 Å². The molecule has 0 fully saturated rings. The van der Waals surface area contributed by atoms with E-state index in [0.29, 0.717) is 19.0 Å². The fourth-order valence-corrected chi connectivity index (χ4v) is 2.86. The molecular weight excluding hydrogens is 416 g/mol. The molecule has 0 saturated carbocycles. The van der Waals surface area contributed by atoms with Crippen LogP contribution in [0.5, 0.6) is 17.2 Å². The highest BCUT2D eigenvalue weighted by Gasteiger charge is 2.14. The van der Waals surface area contributed by atoms with Crippen molar-refractivity contribution in [1.29, 1.82) is 0 Å². The van der Waals surface area contributed by atoms with Crippen molar-refractivity contribution in [3.63, 3.8) is 0 Å². The Bertz CT molecular complexity index is 1000. The van der Waals surface area contributed by atoms with E-state index in [4.69, 9.17) is 14.2 Å². The summed E-state index contributed by atoms with van der Waals surface area (Å²) in [7, 11) is 0. The lowest BCUT2D eigenvalue weighted by Crippen LogP contribution is -2.33. The molecule has 0 aliphatic rings. The number of nitrogens with one attached hydrogen (secondary N) is 1. The molecule has 0 radical (unpaired) electrons. The van der Waals surface area contributed by atoms with Crippen LogP contribution in [-0.2, 0) is 11.4 Å². The number of amides is 1. The normalized spacial score (nSPS) is 11.7. The lowest BCUT2D eigenvalue weighted by atomic mass is 10.2. The molecule has 0 heterocycles. The third-order valence-corrected chi connectivity index (χ3v) is 4.79. The van der Waals surface area contributed by atoms with Gasteiger partial charge < -0.3 is 14.2 Å². The van der Waals surface area contributed by atoms with Crippen molar-refractivity contribution in [2.45, 2.75) is 39.4 Å². The minimum Gasteiger partial charge on any atom is -0.494 e. The van der Waals surface area contributed by atoms with Crippen molar-refractivity contribution in [3.05, 3.63) is 90.0 Å². The van der Waals surface area contributed by atoms with E-state index in [1.165, 1.54) is 0 Å². The van der Waals surface area contributed by atoms with E-state index >= 15 is 0 Å². The van der Waals surface area contributed by atoms with Gasteiger partial charge in [-0.3, -0.25) is 4.79 Å². The summed E-state index contributed by atoms with van der Waals surface area (Å²) in [5.41, 5.74) is 4.46. The highest BCUT2D eigenvalue weighted by molar-refractivity contribution is 5.84. The number of carbonyl (C=O) groups excluding carboxylic acids is 1. The molecule has 6 heteroatoms. The van der Waals surface area contributed by atoms with Crippen LogP contribution in [0.2, 0.25) is 0 Å². The first kappa shape index (κ1) is 23.9. The van der Waals surface area contributed by atoms with Crippen molar-refractivity contribution in [3.8, 4) is 17.2 Å². The van der Waals surface area contributed by atoms with Gasteiger partial charge in [-0.2, -0.15) is 5.10 Å². The molecule has 0 aromatic heterocycles. The highest BCUT2D eigenvalue weighted by atomic mass is 16.5. The van der Waals surface area contributed by atoms with Crippen molar-refractivity contribution in [2.24, 2.45) is 5.10 Å². The Morgan fingerprint density at radius 3 is 2.24 bits per heavy atom. The zero-order valence-corrected chi connectivity index (χ0v) is 19.1. The summed E-state index contributed by atoms with van der Waals surface area (Å²) in [5, 5.41) is 4.01. The summed E-state index contributed by atoms with van der Waals surface area (Å²) in [6.07, 6.45) is 3.01. The maximum atomic E-state index is 12.3. The maximum absolute atomic E-state index is 12.3. The van der Waals surface area contributed by atoms with E-state index in [-0.39, 0.29) is 5.91 Å². The Hall–Kier alpha value is -3.80. The van der Waals surface area contributed by atoms with Crippen LogP contribution >= 0.6 is 0 Å². The molecule has 3 aromatic carbocycles. The molecular formula is C27H30N2O4. The Kier molecular flexibility index (Phi) is 9.33. The molecule has 6 nitrogen and oxygen atoms in total. The number of benzene rings is 3. The maximum Gasteiger partial charge on any atom is 0.280 e. The summed E-state index contributed by atoms with van der Waals surface area (Å²) >= 11 is 0. The predicted octanol–water partition coefficient (Wildman–Crippen LogP) is 5.36. The van der Waals surface area contributed by atoms with E-state index < -0.39 is 6.10 Å². The molecule has 0 aliphatic heterocycles. The first-order chi connectivity index (χ1) is 16.1. The number of nitrogens with zero attached hydrogens (tertiary/aromatic N) is 1. The van der Waals surface area contributed by atoms with Crippen LogP contribution in [0.25, 0.3) is 0 Å². The van der Waals surface area contributed by atoms with Gasteiger partial charge in [-0.25, -0.2) is 5.43 Å². The molecule has 1 N–H and O–H groups in total. The van der Waals surface area contributed by atoms with Gasteiger partial charge in [0.25, 0.3) is 5.91 Å². The minimum atomic E-state index is -0.701. The zero-order valence-electron chi connectivity index (χ0n) is 19.1. The SMILES string of the molecule is CCCCOc1ccc(/C=N\NC(=O)[C@@H](C)Oc2ccc(OCc3ccccc3)cc2)cc1. The zero-order chi connectivity index (χ0) is 23.3. The van der Waals surface area contributed by atoms with Crippen molar-refractivity contribution in [1.82, 2.24) is 5.43 Å². The van der Waals surface area contributed by atoms with Gasteiger partial charge in [0.15, 0.2) is 6.10 Å². The largest absolute Gasteiger partial charge is 0.494 e. The quantitative estimate of drug-likeness (QED) is 0.231. The standard InChI is InChI=1S/C27H30N2O4/c1-3-4-18-31-24-12-10-22(11-13-24)19-28-29-27(30)21(2)33-26-16-14-25(15-17-26)32-20-23-8-6-5-7-9-23/h5-17,19,21H,3-4,18,20H2,1-2H3,(H,29,30)/b28-19-/t21-/m1/s1. The number of ether oxygens (including phenoxy) is 3. The van der Waals surface area contributed by atoms with Crippen molar-refractivity contribution < 1.29 is 19.0 Å².